The van der Waals surface area contributed by atoms with Gasteiger partial charge in [0, 0.05) is 18.7 Å². The Morgan fingerprint density at radius 2 is 2.37 bits per heavy atom. The van der Waals surface area contributed by atoms with Crippen LogP contribution in [0.4, 0.5) is 0 Å². The summed E-state index contributed by atoms with van der Waals surface area (Å²) in [6, 6.07) is 0.362. The van der Waals surface area contributed by atoms with Crippen molar-refractivity contribution in [2.75, 3.05) is 6.54 Å². The monoisotopic (exact) mass is 263 g/mol. The number of hydrogen-bond donors (Lipinski definition) is 0. The van der Waals surface area contributed by atoms with Gasteiger partial charge in [0.2, 0.25) is 0 Å². The molecule has 3 rings (SSSR count). The van der Waals surface area contributed by atoms with Crippen molar-refractivity contribution in [1.82, 2.24) is 14.7 Å². The minimum atomic E-state index is -0.0453. The highest BCUT2D eigenvalue weighted by Gasteiger charge is 2.41. The largest absolute Gasteiger partial charge is 0.461 e. The minimum absolute atomic E-state index is 0.0424. The fraction of sp³-hybridized carbons (Fsp3) is 0.714. The topological polar surface area (TPSA) is 47.4 Å². The van der Waals surface area contributed by atoms with E-state index in [1.54, 1.807) is 0 Å². The zero-order chi connectivity index (χ0) is 13.4. The van der Waals surface area contributed by atoms with Crippen LogP contribution in [0.2, 0.25) is 0 Å². The molecular formula is C14H21N3O2. The molecule has 0 aliphatic carbocycles. The molecule has 5 nitrogen and oxygen atoms in total. The Morgan fingerprint density at radius 1 is 1.53 bits per heavy atom. The Kier molecular flexibility index (Phi) is 3.31. The molecule has 2 saturated heterocycles. The Morgan fingerprint density at radius 3 is 3.00 bits per heavy atom. The summed E-state index contributed by atoms with van der Waals surface area (Å²) in [5.74, 6) is -0.0453. The molecule has 0 amide bonds. The fourth-order valence-corrected chi connectivity index (χ4v) is 3.25. The quantitative estimate of drug-likeness (QED) is 0.773. The van der Waals surface area contributed by atoms with Crippen LogP contribution in [0.3, 0.4) is 0 Å². The van der Waals surface area contributed by atoms with E-state index >= 15 is 0 Å². The van der Waals surface area contributed by atoms with Gasteiger partial charge >= 0.3 is 5.97 Å². The zero-order valence-electron chi connectivity index (χ0n) is 11.6. The molecule has 0 radical (unpaired) electrons. The van der Waals surface area contributed by atoms with Crippen LogP contribution in [0.25, 0.3) is 0 Å². The predicted octanol–water partition coefficient (Wildman–Crippen LogP) is 1.36. The Labute approximate surface area is 113 Å². The summed E-state index contributed by atoms with van der Waals surface area (Å²) >= 11 is 0. The van der Waals surface area contributed by atoms with Gasteiger partial charge in [-0.25, -0.2) is 0 Å². The van der Waals surface area contributed by atoms with Crippen LogP contribution in [0.5, 0.6) is 0 Å². The number of carbonyl (C=O) groups is 1. The maximum atomic E-state index is 11.9. The van der Waals surface area contributed by atoms with E-state index in [1.165, 1.54) is 5.56 Å². The average Bonchev–Trinajstić information content (AvgIpc) is 3.02. The van der Waals surface area contributed by atoms with Crippen molar-refractivity contribution in [3.8, 4) is 0 Å². The molecule has 0 saturated carbocycles. The van der Waals surface area contributed by atoms with Crippen molar-refractivity contribution in [2.24, 2.45) is 0 Å². The van der Waals surface area contributed by atoms with E-state index in [2.05, 4.69) is 16.2 Å². The third-order valence-corrected chi connectivity index (χ3v) is 4.13. The first-order chi connectivity index (χ1) is 9.13. The van der Waals surface area contributed by atoms with E-state index in [-0.39, 0.29) is 18.1 Å². The number of rotatable bonds is 3. The van der Waals surface area contributed by atoms with Crippen molar-refractivity contribution in [1.29, 1.82) is 0 Å². The van der Waals surface area contributed by atoms with Crippen LogP contribution in [0.15, 0.2) is 12.4 Å². The van der Waals surface area contributed by atoms with Gasteiger partial charge in [0.05, 0.1) is 12.7 Å². The van der Waals surface area contributed by atoms with Crippen LogP contribution >= 0.6 is 0 Å². The van der Waals surface area contributed by atoms with Crippen LogP contribution in [-0.2, 0) is 16.1 Å². The SMILES string of the molecule is Cc1cnn(C[C@@H]2CCCN2[C@@H]2C[C@@H](C)OC2=O)c1. The Hall–Kier alpha value is -1.36. The molecule has 2 fully saturated rings. The zero-order valence-corrected chi connectivity index (χ0v) is 11.6. The molecule has 3 heterocycles. The molecule has 2 aliphatic heterocycles. The molecular weight excluding hydrogens is 242 g/mol. The number of likely N-dealkylation sites (tertiary alicyclic amines) is 1. The number of aryl methyl sites for hydroxylation is 1. The first kappa shape index (κ1) is 12.7. The lowest BCUT2D eigenvalue weighted by Gasteiger charge is -2.27. The molecule has 0 unspecified atom stereocenters. The number of aromatic nitrogens is 2. The Balaban J connectivity index is 1.69. The summed E-state index contributed by atoms with van der Waals surface area (Å²) in [7, 11) is 0. The second kappa shape index (κ2) is 4.96. The van der Waals surface area contributed by atoms with Crippen LogP contribution < -0.4 is 0 Å². The molecule has 19 heavy (non-hydrogen) atoms. The van der Waals surface area contributed by atoms with Gasteiger partial charge in [-0.3, -0.25) is 14.4 Å². The molecule has 104 valence electrons. The Bertz CT molecular complexity index is 471. The smallest absolute Gasteiger partial charge is 0.323 e. The van der Waals surface area contributed by atoms with E-state index < -0.39 is 0 Å². The van der Waals surface area contributed by atoms with Crippen LogP contribution in [0.1, 0.15) is 31.7 Å². The van der Waals surface area contributed by atoms with Gasteiger partial charge in [0.1, 0.15) is 12.1 Å². The van der Waals surface area contributed by atoms with Crippen LogP contribution in [-0.4, -0.2) is 45.4 Å². The summed E-state index contributed by atoms with van der Waals surface area (Å²) in [6.07, 6.45) is 7.12. The average molecular weight is 263 g/mol. The van der Waals surface area contributed by atoms with E-state index in [0.717, 1.165) is 32.4 Å². The number of cyclic esters (lactones) is 1. The van der Waals surface area contributed by atoms with Crippen molar-refractivity contribution < 1.29 is 9.53 Å². The van der Waals surface area contributed by atoms with Crippen molar-refractivity contribution in [2.45, 2.75) is 57.8 Å². The maximum absolute atomic E-state index is 11.9. The first-order valence-electron chi connectivity index (χ1n) is 7.09. The lowest BCUT2D eigenvalue weighted by atomic mass is 10.1. The van der Waals surface area contributed by atoms with Gasteiger partial charge in [-0.2, -0.15) is 5.10 Å². The highest BCUT2D eigenvalue weighted by Crippen LogP contribution is 2.28. The van der Waals surface area contributed by atoms with Gasteiger partial charge in [-0.15, -0.1) is 0 Å². The van der Waals surface area contributed by atoms with E-state index in [1.807, 2.05) is 24.7 Å². The molecule has 0 bridgehead atoms. The summed E-state index contributed by atoms with van der Waals surface area (Å²) < 4.78 is 7.27. The summed E-state index contributed by atoms with van der Waals surface area (Å²) in [6.45, 7) is 5.88. The fourth-order valence-electron chi connectivity index (χ4n) is 3.25. The van der Waals surface area contributed by atoms with Gasteiger partial charge in [-0.05, 0) is 38.8 Å². The second-order valence-corrected chi connectivity index (χ2v) is 5.77. The maximum Gasteiger partial charge on any atom is 0.323 e. The number of hydrogen-bond acceptors (Lipinski definition) is 4. The molecule has 0 aromatic carbocycles. The first-order valence-corrected chi connectivity index (χ1v) is 7.09. The van der Waals surface area contributed by atoms with Crippen molar-refractivity contribution in [3.63, 3.8) is 0 Å². The number of nitrogens with zero attached hydrogens (tertiary/aromatic N) is 3. The normalized spacial score (nSPS) is 31.9. The molecule has 0 spiro atoms. The summed E-state index contributed by atoms with van der Waals surface area (Å²) in [5, 5.41) is 4.35. The number of esters is 1. The van der Waals surface area contributed by atoms with Crippen LogP contribution in [0, 0.1) is 6.92 Å². The lowest BCUT2D eigenvalue weighted by Crippen LogP contribution is -2.43. The van der Waals surface area contributed by atoms with Crippen molar-refractivity contribution in [3.05, 3.63) is 18.0 Å². The summed E-state index contributed by atoms with van der Waals surface area (Å²) in [5.41, 5.74) is 1.18. The molecule has 5 heteroatoms. The minimum Gasteiger partial charge on any atom is -0.461 e. The van der Waals surface area contributed by atoms with E-state index in [9.17, 15) is 4.79 Å². The number of ether oxygens (including phenoxy) is 1. The molecule has 3 atom stereocenters. The van der Waals surface area contributed by atoms with E-state index in [0.29, 0.717) is 6.04 Å². The van der Waals surface area contributed by atoms with E-state index in [4.69, 9.17) is 4.74 Å². The van der Waals surface area contributed by atoms with Crippen molar-refractivity contribution >= 4 is 5.97 Å². The highest BCUT2D eigenvalue weighted by atomic mass is 16.6. The third-order valence-electron chi connectivity index (χ3n) is 4.13. The molecule has 1 aromatic heterocycles. The number of carbonyl (C=O) groups excluding carboxylic acids is 1. The van der Waals surface area contributed by atoms with Gasteiger partial charge in [0.15, 0.2) is 0 Å². The molecule has 2 aliphatic rings. The summed E-state index contributed by atoms with van der Waals surface area (Å²) in [4.78, 5) is 14.2. The predicted molar refractivity (Wildman–Crippen MR) is 70.7 cm³/mol. The molecule has 1 aromatic rings. The second-order valence-electron chi connectivity index (χ2n) is 5.77. The third kappa shape index (κ3) is 2.52. The standard InChI is InChI=1S/C14H21N3O2/c1-10-7-15-16(8-10)9-12-4-3-5-17(12)13-6-11(2)19-14(13)18/h7-8,11-13H,3-6,9H2,1-2H3/t11-,12+,13-/m1/s1. The molecule has 0 N–H and O–H groups in total. The lowest BCUT2D eigenvalue weighted by molar-refractivity contribution is -0.145. The highest BCUT2D eigenvalue weighted by molar-refractivity contribution is 5.78. The van der Waals surface area contributed by atoms with Gasteiger partial charge in [0.25, 0.3) is 0 Å². The van der Waals surface area contributed by atoms with Gasteiger partial charge in [-0.1, -0.05) is 0 Å². The van der Waals surface area contributed by atoms with Gasteiger partial charge < -0.3 is 4.74 Å².